The first-order valence-electron chi connectivity index (χ1n) is 4.72. The molecule has 0 aliphatic heterocycles. The van der Waals surface area contributed by atoms with Crippen LogP contribution in [0.2, 0.25) is 0 Å². The molecule has 1 aromatic rings. The van der Waals surface area contributed by atoms with Crippen LogP contribution < -0.4 is 5.32 Å². The summed E-state index contributed by atoms with van der Waals surface area (Å²) in [7, 11) is 0. The second-order valence-corrected chi connectivity index (χ2v) is 3.67. The van der Waals surface area contributed by atoms with Crippen LogP contribution in [0.25, 0.3) is 0 Å². The van der Waals surface area contributed by atoms with Gasteiger partial charge in [0.2, 0.25) is 0 Å². The van der Waals surface area contributed by atoms with Gasteiger partial charge in [-0.15, -0.1) is 5.10 Å². The van der Waals surface area contributed by atoms with E-state index in [1.165, 1.54) is 0 Å². The maximum atomic E-state index is 4.01. The molecule has 1 rings (SSSR count). The van der Waals surface area contributed by atoms with Crippen molar-refractivity contribution in [3.05, 3.63) is 17.8 Å². The van der Waals surface area contributed by atoms with E-state index in [2.05, 4.69) is 29.4 Å². The van der Waals surface area contributed by atoms with E-state index in [0.717, 1.165) is 30.4 Å². The lowest BCUT2D eigenvalue weighted by Gasteiger charge is -2.06. The first-order valence-corrected chi connectivity index (χ1v) is 4.72. The van der Waals surface area contributed by atoms with Crippen molar-refractivity contribution >= 4 is 5.82 Å². The molecular weight excluding hydrogens is 162 g/mol. The molecule has 0 fully saturated rings. The topological polar surface area (TPSA) is 37.8 Å². The van der Waals surface area contributed by atoms with Crippen molar-refractivity contribution in [1.29, 1.82) is 0 Å². The third-order valence-electron chi connectivity index (χ3n) is 1.83. The maximum Gasteiger partial charge on any atom is 0.148 e. The molecule has 72 valence electrons. The number of rotatable bonds is 4. The van der Waals surface area contributed by atoms with Crippen LogP contribution in [0.5, 0.6) is 0 Å². The summed E-state index contributed by atoms with van der Waals surface area (Å²) in [5.41, 5.74) is 0.953. The Hall–Kier alpha value is -1.12. The third-order valence-corrected chi connectivity index (χ3v) is 1.83. The molecule has 0 unspecified atom stereocenters. The van der Waals surface area contributed by atoms with Crippen molar-refractivity contribution in [2.75, 3.05) is 11.9 Å². The lowest BCUT2D eigenvalue weighted by atomic mass is 10.1. The lowest BCUT2D eigenvalue weighted by molar-refractivity contribution is 0.606. The summed E-state index contributed by atoms with van der Waals surface area (Å²) in [6.07, 6.45) is 1.16. The first-order chi connectivity index (χ1) is 6.18. The minimum Gasteiger partial charge on any atom is -0.369 e. The van der Waals surface area contributed by atoms with Gasteiger partial charge < -0.3 is 5.32 Å². The van der Waals surface area contributed by atoms with Gasteiger partial charge >= 0.3 is 0 Å². The standard InChI is InChI=1S/C10H17N3/c1-8(2)6-7-11-10-5-4-9(3)12-13-10/h4-5,8H,6-7H2,1-3H3,(H,11,13). The molecule has 0 amide bonds. The molecule has 1 heterocycles. The number of anilines is 1. The summed E-state index contributed by atoms with van der Waals surface area (Å²) < 4.78 is 0. The minimum absolute atomic E-state index is 0.728. The van der Waals surface area contributed by atoms with Gasteiger partial charge in [0, 0.05) is 6.54 Å². The number of hydrogen-bond acceptors (Lipinski definition) is 3. The predicted molar refractivity (Wildman–Crippen MR) is 54.7 cm³/mol. The molecule has 0 spiro atoms. The van der Waals surface area contributed by atoms with Crippen LogP contribution in [0.3, 0.4) is 0 Å². The van der Waals surface area contributed by atoms with Gasteiger partial charge in [-0.1, -0.05) is 13.8 Å². The van der Waals surface area contributed by atoms with Gasteiger partial charge in [-0.3, -0.25) is 0 Å². The number of aryl methyl sites for hydroxylation is 1. The predicted octanol–water partition coefficient (Wildman–Crippen LogP) is 2.24. The molecule has 0 aromatic carbocycles. The fourth-order valence-corrected chi connectivity index (χ4v) is 0.982. The normalized spacial score (nSPS) is 10.5. The van der Waals surface area contributed by atoms with Crippen LogP contribution >= 0.6 is 0 Å². The Morgan fingerprint density at radius 3 is 2.62 bits per heavy atom. The Labute approximate surface area is 79.6 Å². The minimum atomic E-state index is 0.728. The molecule has 0 bridgehead atoms. The van der Waals surface area contributed by atoms with Crippen molar-refractivity contribution < 1.29 is 0 Å². The smallest absolute Gasteiger partial charge is 0.148 e. The molecule has 3 heteroatoms. The largest absolute Gasteiger partial charge is 0.369 e. The third kappa shape index (κ3) is 3.87. The van der Waals surface area contributed by atoms with E-state index in [1.807, 2.05) is 19.1 Å². The van der Waals surface area contributed by atoms with Crippen LogP contribution in [0.15, 0.2) is 12.1 Å². The van der Waals surface area contributed by atoms with E-state index in [9.17, 15) is 0 Å². The van der Waals surface area contributed by atoms with Crippen LogP contribution in [-0.2, 0) is 0 Å². The van der Waals surface area contributed by atoms with Crippen molar-refractivity contribution in [2.24, 2.45) is 5.92 Å². The van der Waals surface area contributed by atoms with Crippen molar-refractivity contribution in [2.45, 2.75) is 27.2 Å². The summed E-state index contributed by atoms with van der Waals surface area (Å²) in [4.78, 5) is 0. The van der Waals surface area contributed by atoms with E-state index in [1.54, 1.807) is 0 Å². The summed E-state index contributed by atoms with van der Waals surface area (Å²) in [6.45, 7) is 7.32. The monoisotopic (exact) mass is 179 g/mol. The highest BCUT2D eigenvalue weighted by Gasteiger charge is 1.95. The van der Waals surface area contributed by atoms with Gasteiger partial charge in [0.25, 0.3) is 0 Å². The Morgan fingerprint density at radius 1 is 1.31 bits per heavy atom. The average Bonchev–Trinajstić information content (AvgIpc) is 2.08. The zero-order valence-electron chi connectivity index (χ0n) is 8.54. The second-order valence-electron chi connectivity index (χ2n) is 3.67. The fraction of sp³-hybridized carbons (Fsp3) is 0.600. The highest BCUT2D eigenvalue weighted by molar-refractivity contribution is 5.32. The summed E-state index contributed by atoms with van der Waals surface area (Å²) in [6, 6.07) is 3.92. The second kappa shape index (κ2) is 4.80. The van der Waals surface area contributed by atoms with Gasteiger partial charge in [0.1, 0.15) is 5.82 Å². The Balaban J connectivity index is 2.33. The van der Waals surface area contributed by atoms with E-state index in [4.69, 9.17) is 0 Å². The molecule has 0 saturated carbocycles. The zero-order valence-corrected chi connectivity index (χ0v) is 8.54. The number of nitrogens with one attached hydrogen (secondary N) is 1. The summed E-state index contributed by atoms with van der Waals surface area (Å²) >= 11 is 0. The van der Waals surface area contributed by atoms with Gasteiger partial charge in [0.05, 0.1) is 5.69 Å². The Kier molecular flexibility index (Phi) is 3.68. The highest BCUT2D eigenvalue weighted by Crippen LogP contribution is 2.03. The molecule has 13 heavy (non-hydrogen) atoms. The molecule has 0 atom stereocenters. The summed E-state index contributed by atoms with van der Waals surface area (Å²) in [5, 5.41) is 11.2. The van der Waals surface area contributed by atoms with Crippen LogP contribution in [-0.4, -0.2) is 16.7 Å². The summed E-state index contributed by atoms with van der Waals surface area (Å²) in [5.74, 6) is 1.59. The number of nitrogens with zero attached hydrogens (tertiary/aromatic N) is 2. The van der Waals surface area contributed by atoms with Gasteiger partial charge in [-0.25, -0.2) is 0 Å². The number of hydrogen-bond donors (Lipinski definition) is 1. The maximum absolute atomic E-state index is 4.01. The Bertz CT molecular complexity index is 241. The van der Waals surface area contributed by atoms with Crippen molar-refractivity contribution in [1.82, 2.24) is 10.2 Å². The average molecular weight is 179 g/mol. The first kappa shape index (κ1) is 9.96. The van der Waals surface area contributed by atoms with E-state index in [-0.39, 0.29) is 0 Å². The van der Waals surface area contributed by atoms with Crippen molar-refractivity contribution in [3.8, 4) is 0 Å². The molecule has 0 aliphatic rings. The van der Waals surface area contributed by atoms with Crippen molar-refractivity contribution in [3.63, 3.8) is 0 Å². The lowest BCUT2D eigenvalue weighted by Crippen LogP contribution is -2.06. The zero-order chi connectivity index (χ0) is 9.68. The highest BCUT2D eigenvalue weighted by atomic mass is 15.2. The van der Waals surface area contributed by atoms with Gasteiger partial charge in [-0.2, -0.15) is 5.10 Å². The van der Waals surface area contributed by atoms with E-state index in [0.29, 0.717) is 0 Å². The van der Waals surface area contributed by atoms with E-state index < -0.39 is 0 Å². The van der Waals surface area contributed by atoms with Crippen LogP contribution in [0.4, 0.5) is 5.82 Å². The molecule has 1 aromatic heterocycles. The molecule has 0 aliphatic carbocycles. The SMILES string of the molecule is Cc1ccc(NCCC(C)C)nn1. The molecule has 0 radical (unpaired) electrons. The fourth-order valence-electron chi connectivity index (χ4n) is 0.982. The molecule has 1 N–H and O–H groups in total. The Morgan fingerprint density at radius 2 is 2.08 bits per heavy atom. The van der Waals surface area contributed by atoms with Crippen LogP contribution in [0.1, 0.15) is 26.0 Å². The van der Waals surface area contributed by atoms with Crippen LogP contribution in [0, 0.1) is 12.8 Å². The van der Waals surface area contributed by atoms with E-state index >= 15 is 0 Å². The number of aromatic nitrogens is 2. The van der Waals surface area contributed by atoms with Gasteiger partial charge in [0.15, 0.2) is 0 Å². The molecular formula is C10H17N3. The molecule has 3 nitrogen and oxygen atoms in total. The van der Waals surface area contributed by atoms with Gasteiger partial charge in [-0.05, 0) is 31.4 Å². The quantitative estimate of drug-likeness (QED) is 0.770. The molecule has 0 saturated heterocycles.